The Hall–Kier alpha value is -2.21. The van der Waals surface area contributed by atoms with E-state index in [0.29, 0.717) is 5.56 Å². The average molecular weight is 318 g/mol. The Morgan fingerprint density at radius 1 is 1.14 bits per heavy atom. The van der Waals surface area contributed by atoms with E-state index in [0.717, 1.165) is 5.56 Å². The second kappa shape index (κ2) is 6.70. The highest BCUT2D eigenvalue weighted by atomic mass is 32.2. The van der Waals surface area contributed by atoms with Gasteiger partial charge >= 0.3 is 0 Å². The highest BCUT2D eigenvalue weighted by molar-refractivity contribution is 7.91. The summed E-state index contributed by atoms with van der Waals surface area (Å²) < 4.78 is 24.6. The highest BCUT2D eigenvalue weighted by Crippen LogP contribution is 2.13. The number of hydrogen-bond donors (Lipinski definition) is 1. The fourth-order valence-corrected chi connectivity index (χ4v) is 3.51. The summed E-state index contributed by atoms with van der Waals surface area (Å²) in [6.07, 6.45) is 3.03. The predicted molar refractivity (Wildman–Crippen MR) is 84.4 cm³/mol. The van der Waals surface area contributed by atoms with Gasteiger partial charge in [-0.15, -0.1) is 0 Å². The van der Waals surface area contributed by atoms with Gasteiger partial charge in [0.05, 0.1) is 10.6 Å². The summed E-state index contributed by atoms with van der Waals surface area (Å²) >= 11 is 0. The zero-order valence-corrected chi connectivity index (χ0v) is 13.3. The van der Waals surface area contributed by atoms with Crippen LogP contribution < -0.4 is 5.32 Å². The third kappa shape index (κ3) is 4.14. The third-order valence-electron chi connectivity index (χ3n) is 3.17. The zero-order valence-electron chi connectivity index (χ0n) is 12.5. The lowest BCUT2D eigenvalue weighted by molar-refractivity contribution is 0.0943. The standard InChI is InChI=1S/C16H18N2O3S/c1-12-3-5-15(6-4-12)22(20,21)11-13(2)18-16(19)14-7-9-17-10-8-14/h3-10,13H,11H2,1-2H3,(H,18,19)/t13-/m1/s1. The van der Waals surface area contributed by atoms with E-state index >= 15 is 0 Å². The van der Waals surface area contributed by atoms with Crippen LogP contribution in [0.25, 0.3) is 0 Å². The first-order chi connectivity index (χ1) is 10.4. The van der Waals surface area contributed by atoms with Crippen molar-refractivity contribution in [1.29, 1.82) is 0 Å². The van der Waals surface area contributed by atoms with Gasteiger partial charge in [-0.3, -0.25) is 9.78 Å². The minimum absolute atomic E-state index is 0.146. The number of carbonyl (C=O) groups is 1. The van der Waals surface area contributed by atoms with Crippen molar-refractivity contribution in [3.63, 3.8) is 0 Å². The molecular formula is C16H18N2O3S. The van der Waals surface area contributed by atoms with Gasteiger partial charge in [0, 0.05) is 24.0 Å². The van der Waals surface area contributed by atoms with Crippen molar-refractivity contribution in [2.75, 3.05) is 5.75 Å². The maximum absolute atomic E-state index is 12.3. The first-order valence-electron chi connectivity index (χ1n) is 6.89. The lowest BCUT2D eigenvalue weighted by Crippen LogP contribution is -2.37. The van der Waals surface area contributed by atoms with Crippen molar-refractivity contribution in [2.24, 2.45) is 0 Å². The molecule has 116 valence electrons. The Morgan fingerprint density at radius 3 is 2.32 bits per heavy atom. The number of amides is 1. The number of aromatic nitrogens is 1. The Kier molecular flexibility index (Phi) is 4.92. The van der Waals surface area contributed by atoms with Gasteiger partial charge in [0.1, 0.15) is 0 Å². The van der Waals surface area contributed by atoms with Crippen molar-refractivity contribution < 1.29 is 13.2 Å². The van der Waals surface area contributed by atoms with Crippen LogP contribution in [-0.4, -0.2) is 31.1 Å². The van der Waals surface area contributed by atoms with E-state index in [4.69, 9.17) is 0 Å². The molecule has 0 saturated heterocycles. The minimum Gasteiger partial charge on any atom is -0.349 e. The molecular weight excluding hydrogens is 300 g/mol. The number of benzene rings is 1. The second-order valence-electron chi connectivity index (χ2n) is 5.20. The zero-order chi connectivity index (χ0) is 16.2. The Morgan fingerprint density at radius 2 is 1.73 bits per heavy atom. The number of aryl methyl sites for hydroxylation is 1. The highest BCUT2D eigenvalue weighted by Gasteiger charge is 2.20. The molecule has 0 fully saturated rings. The summed E-state index contributed by atoms with van der Waals surface area (Å²) in [6, 6.07) is 9.35. The molecule has 5 nitrogen and oxygen atoms in total. The minimum atomic E-state index is -3.43. The smallest absolute Gasteiger partial charge is 0.251 e. The summed E-state index contributed by atoms with van der Waals surface area (Å²) in [6.45, 7) is 3.57. The van der Waals surface area contributed by atoms with E-state index in [1.54, 1.807) is 43.3 Å². The number of sulfone groups is 1. The molecule has 2 rings (SSSR count). The number of carbonyl (C=O) groups excluding carboxylic acids is 1. The van der Waals surface area contributed by atoms with E-state index in [1.165, 1.54) is 12.4 Å². The van der Waals surface area contributed by atoms with E-state index in [9.17, 15) is 13.2 Å². The van der Waals surface area contributed by atoms with E-state index in [1.807, 2.05) is 6.92 Å². The molecule has 1 aromatic heterocycles. The van der Waals surface area contributed by atoms with Gasteiger partial charge in [0.15, 0.2) is 9.84 Å². The molecule has 0 saturated carbocycles. The quantitative estimate of drug-likeness (QED) is 0.914. The topological polar surface area (TPSA) is 76.1 Å². The molecule has 0 aliphatic heterocycles. The Labute approximate surface area is 130 Å². The van der Waals surface area contributed by atoms with Crippen LogP contribution in [0, 0.1) is 6.92 Å². The fourth-order valence-electron chi connectivity index (χ4n) is 2.02. The van der Waals surface area contributed by atoms with Crippen molar-refractivity contribution in [3.05, 3.63) is 59.9 Å². The van der Waals surface area contributed by atoms with Crippen LogP contribution in [-0.2, 0) is 9.84 Å². The van der Waals surface area contributed by atoms with Crippen LogP contribution >= 0.6 is 0 Å². The first-order valence-corrected chi connectivity index (χ1v) is 8.54. The SMILES string of the molecule is Cc1ccc(S(=O)(=O)C[C@@H](C)NC(=O)c2ccncc2)cc1. The molecule has 1 N–H and O–H groups in total. The predicted octanol–water partition coefficient (Wildman–Crippen LogP) is 1.98. The Bertz CT molecular complexity index is 741. The second-order valence-corrected chi connectivity index (χ2v) is 7.24. The number of rotatable bonds is 5. The number of nitrogens with zero attached hydrogens (tertiary/aromatic N) is 1. The van der Waals surface area contributed by atoms with Gasteiger partial charge in [0.2, 0.25) is 0 Å². The van der Waals surface area contributed by atoms with Gasteiger partial charge in [-0.2, -0.15) is 0 Å². The third-order valence-corrected chi connectivity index (χ3v) is 5.10. The monoisotopic (exact) mass is 318 g/mol. The molecule has 1 amide bonds. The fraction of sp³-hybridized carbons (Fsp3) is 0.250. The lowest BCUT2D eigenvalue weighted by Gasteiger charge is -2.14. The Balaban J connectivity index is 2.03. The molecule has 0 aliphatic carbocycles. The molecule has 1 atom stereocenters. The molecule has 1 aromatic carbocycles. The summed E-state index contributed by atoms with van der Waals surface area (Å²) in [7, 11) is -3.43. The molecule has 0 unspecified atom stereocenters. The van der Waals surface area contributed by atoms with E-state index in [2.05, 4.69) is 10.3 Å². The number of hydrogen-bond acceptors (Lipinski definition) is 4. The summed E-state index contributed by atoms with van der Waals surface area (Å²) in [5.74, 6) is -0.457. The van der Waals surface area contributed by atoms with Crippen molar-refractivity contribution in [3.8, 4) is 0 Å². The van der Waals surface area contributed by atoms with Crippen LogP contribution in [0.2, 0.25) is 0 Å². The summed E-state index contributed by atoms with van der Waals surface area (Å²) in [5.41, 5.74) is 1.45. The maximum Gasteiger partial charge on any atom is 0.251 e. The molecule has 0 bridgehead atoms. The molecule has 22 heavy (non-hydrogen) atoms. The van der Waals surface area contributed by atoms with Crippen LogP contribution in [0.15, 0.2) is 53.7 Å². The molecule has 0 radical (unpaired) electrons. The van der Waals surface area contributed by atoms with Gasteiger partial charge in [-0.05, 0) is 38.1 Å². The lowest BCUT2D eigenvalue weighted by atomic mass is 10.2. The van der Waals surface area contributed by atoms with Crippen LogP contribution in [0.1, 0.15) is 22.8 Å². The normalized spacial score (nSPS) is 12.6. The average Bonchev–Trinajstić information content (AvgIpc) is 2.48. The van der Waals surface area contributed by atoms with Crippen LogP contribution in [0.3, 0.4) is 0 Å². The van der Waals surface area contributed by atoms with Crippen molar-refractivity contribution in [1.82, 2.24) is 10.3 Å². The number of pyridine rings is 1. The van der Waals surface area contributed by atoms with Crippen LogP contribution in [0.5, 0.6) is 0 Å². The van der Waals surface area contributed by atoms with Gasteiger partial charge in [-0.25, -0.2) is 8.42 Å². The van der Waals surface area contributed by atoms with E-state index < -0.39 is 15.9 Å². The maximum atomic E-state index is 12.3. The van der Waals surface area contributed by atoms with Gasteiger partial charge in [0.25, 0.3) is 5.91 Å². The molecule has 2 aromatic rings. The summed E-state index contributed by atoms with van der Waals surface area (Å²) in [4.78, 5) is 16.1. The molecule has 1 heterocycles. The van der Waals surface area contributed by atoms with Gasteiger partial charge in [-0.1, -0.05) is 17.7 Å². The first kappa shape index (κ1) is 16.2. The molecule has 0 spiro atoms. The van der Waals surface area contributed by atoms with Crippen LogP contribution in [0.4, 0.5) is 0 Å². The van der Waals surface area contributed by atoms with Crippen molar-refractivity contribution in [2.45, 2.75) is 24.8 Å². The molecule has 6 heteroatoms. The van der Waals surface area contributed by atoms with E-state index in [-0.39, 0.29) is 16.6 Å². The van der Waals surface area contributed by atoms with Crippen molar-refractivity contribution >= 4 is 15.7 Å². The summed E-state index contributed by atoms with van der Waals surface area (Å²) in [5, 5.41) is 2.69. The largest absolute Gasteiger partial charge is 0.349 e. The van der Waals surface area contributed by atoms with Gasteiger partial charge < -0.3 is 5.32 Å². The molecule has 0 aliphatic rings. The number of nitrogens with one attached hydrogen (secondary N) is 1.